The number of benzene rings is 1. The normalized spacial score (nSPS) is 27.4. The molecule has 21 heavy (non-hydrogen) atoms. The number of carbonyl (C=O) groups is 1. The van der Waals surface area contributed by atoms with Crippen LogP contribution in [0.4, 0.5) is 0 Å². The molecule has 1 aromatic rings. The van der Waals surface area contributed by atoms with E-state index in [9.17, 15) is 4.79 Å². The third kappa shape index (κ3) is 3.11. The largest absolute Gasteiger partial charge is 0.349 e. The van der Waals surface area contributed by atoms with Crippen molar-refractivity contribution < 1.29 is 23.4 Å². The molecule has 1 amide bonds. The summed E-state index contributed by atoms with van der Waals surface area (Å²) in [6.45, 7) is 5.78. The van der Waals surface area contributed by atoms with Crippen molar-refractivity contribution in [2.75, 3.05) is 0 Å². The second kappa shape index (κ2) is 6.72. The second-order valence-electron chi connectivity index (χ2n) is 5.42. The minimum absolute atomic E-state index is 0. The van der Waals surface area contributed by atoms with Crippen LogP contribution in [0, 0.1) is 11.3 Å². The first kappa shape index (κ1) is 19.2. The maximum atomic E-state index is 12.5. The molecule has 115 valence electrons. The molecule has 2 rings (SSSR count). The van der Waals surface area contributed by atoms with Gasteiger partial charge in [-0.2, -0.15) is 0 Å². The Morgan fingerprint density at radius 1 is 1.33 bits per heavy atom. The van der Waals surface area contributed by atoms with Crippen LogP contribution in [0.5, 0.6) is 0 Å². The summed E-state index contributed by atoms with van der Waals surface area (Å²) in [6, 6.07) is 7.30. The molecule has 0 saturated heterocycles. The minimum Gasteiger partial charge on any atom is -0.349 e. The maximum absolute atomic E-state index is 12.5. The molecule has 0 aromatic heterocycles. The fourth-order valence-corrected chi connectivity index (χ4v) is 4.01. The summed E-state index contributed by atoms with van der Waals surface area (Å²) in [5, 5.41) is 3.68. The molecule has 1 N–H and O–H groups in total. The molecule has 0 aliphatic heterocycles. The molecule has 1 aliphatic carbocycles. The first-order valence-corrected chi connectivity index (χ1v) is 7.85. The Bertz CT molecular complexity index is 520. The zero-order valence-electron chi connectivity index (χ0n) is 12.2. The zero-order chi connectivity index (χ0) is 15.1. The number of alkyl halides is 2. The number of carbonyl (C=O) groups excluding carboxylic acids is 1. The van der Waals surface area contributed by atoms with E-state index in [2.05, 4.69) is 5.32 Å². The third-order valence-electron chi connectivity index (χ3n) is 4.47. The number of halogens is 3. The summed E-state index contributed by atoms with van der Waals surface area (Å²) in [7, 11) is 0. The van der Waals surface area contributed by atoms with Gasteiger partial charge in [0.25, 0.3) is 0 Å². The topological polar surface area (TPSA) is 29.1 Å². The van der Waals surface area contributed by atoms with Crippen molar-refractivity contribution in [3.05, 3.63) is 34.9 Å². The molecule has 0 bridgehead atoms. The van der Waals surface area contributed by atoms with Crippen LogP contribution in [-0.2, 0) is 23.4 Å². The molecule has 3 unspecified atom stereocenters. The Labute approximate surface area is 152 Å². The first-order chi connectivity index (χ1) is 9.27. The van der Waals surface area contributed by atoms with Crippen molar-refractivity contribution >= 4 is 40.7 Å². The summed E-state index contributed by atoms with van der Waals surface area (Å²) in [5.74, 6) is -0.124. The van der Waals surface area contributed by atoms with Gasteiger partial charge in [-0.05, 0) is 31.0 Å². The number of rotatable bonds is 4. The fraction of sp³-hybridized carbons (Fsp3) is 0.533. The van der Waals surface area contributed by atoms with Gasteiger partial charge in [0.15, 0.2) is 0 Å². The molecule has 1 fully saturated rings. The summed E-state index contributed by atoms with van der Waals surface area (Å²) in [6.07, 6.45) is 0.625. The Morgan fingerprint density at radius 3 is 2.19 bits per heavy atom. The van der Waals surface area contributed by atoms with E-state index >= 15 is 0 Å². The van der Waals surface area contributed by atoms with Gasteiger partial charge in [0.05, 0.1) is 11.5 Å². The number of hydrogen-bond donors (Lipinski definition) is 1. The van der Waals surface area contributed by atoms with Crippen LogP contribution in [0.3, 0.4) is 0 Å². The minimum atomic E-state index is -0.967. The van der Waals surface area contributed by atoms with Gasteiger partial charge in [-0.25, -0.2) is 0 Å². The average molecular weight is 386 g/mol. The number of amides is 1. The molecule has 1 aliphatic rings. The van der Waals surface area contributed by atoms with E-state index < -0.39 is 9.75 Å². The Balaban J connectivity index is 0.00000220. The molecule has 1 saturated carbocycles. The predicted octanol–water partition coefficient (Wildman–Crippen LogP) is 4.73. The van der Waals surface area contributed by atoms with Gasteiger partial charge in [0, 0.05) is 29.5 Å². The van der Waals surface area contributed by atoms with E-state index in [0.29, 0.717) is 11.4 Å². The van der Waals surface area contributed by atoms with Crippen molar-refractivity contribution in [2.45, 2.75) is 37.6 Å². The number of hydrogen-bond acceptors (Lipinski definition) is 1. The average Bonchev–Trinajstić information content (AvgIpc) is 2.84. The van der Waals surface area contributed by atoms with E-state index in [4.69, 9.17) is 34.8 Å². The van der Waals surface area contributed by atoms with Crippen LogP contribution in [0.25, 0.3) is 0 Å². The Morgan fingerprint density at radius 2 is 1.81 bits per heavy atom. The molecular weight excluding hydrogens is 367 g/mol. The summed E-state index contributed by atoms with van der Waals surface area (Å²) >= 11 is 18.4. The summed E-state index contributed by atoms with van der Waals surface area (Å²) in [4.78, 5) is 12.5. The zero-order valence-corrected chi connectivity index (χ0v) is 15.8. The van der Waals surface area contributed by atoms with E-state index in [1.165, 1.54) is 0 Å². The van der Waals surface area contributed by atoms with Crippen molar-refractivity contribution in [3.8, 4) is 0 Å². The number of nitrogens with one attached hydrogen (secondary N) is 1. The van der Waals surface area contributed by atoms with E-state index in [1.807, 2.05) is 45.0 Å². The summed E-state index contributed by atoms with van der Waals surface area (Å²) < 4.78 is -0.967. The van der Waals surface area contributed by atoms with Gasteiger partial charge in [-0.3, -0.25) is 4.79 Å². The van der Waals surface area contributed by atoms with Gasteiger partial charge < -0.3 is 5.32 Å². The molecule has 2 nitrogen and oxygen atoms in total. The van der Waals surface area contributed by atoms with Gasteiger partial charge >= 0.3 is 0 Å². The van der Waals surface area contributed by atoms with Gasteiger partial charge in [0.1, 0.15) is 4.33 Å². The Kier molecular flexibility index (Phi) is 6.14. The third-order valence-corrected chi connectivity index (χ3v) is 6.06. The SMILES string of the molecule is CCC1(C(=O)NC(C)c2ccc(Cl)cc2)C(C)C1(Cl)Cl.[V]. The van der Waals surface area contributed by atoms with Crippen molar-refractivity contribution in [3.63, 3.8) is 0 Å². The van der Waals surface area contributed by atoms with Gasteiger partial charge in [0.2, 0.25) is 5.91 Å². The fourth-order valence-electron chi connectivity index (χ4n) is 2.85. The second-order valence-corrected chi connectivity index (χ2v) is 7.24. The molecular formula is C15H18Cl3NOV. The maximum Gasteiger partial charge on any atom is 0.230 e. The van der Waals surface area contributed by atoms with Crippen molar-refractivity contribution in [1.82, 2.24) is 5.32 Å². The molecule has 1 radical (unpaired) electrons. The monoisotopic (exact) mass is 384 g/mol. The van der Waals surface area contributed by atoms with E-state index in [1.54, 1.807) is 0 Å². The van der Waals surface area contributed by atoms with Crippen LogP contribution < -0.4 is 5.32 Å². The smallest absolute Gasteiger partial charge is 0.230 e. The van der Waals surface area contributed by atoms with Gasteiger partial charge in [-0.15, -0.1) is 23.2 Å². The summed E-state index contributed by atoms with van der Waals surface area (Å²) in [5.41, 5.74) is 0.314. The van der Waals surface area contributed by atoms with Crippen molar-refractivity contribution in [2.24, 2.45) is 11.3 Å². The van der Waals surface area contributed by atoms with Crippen LogP contribution >= 0.6 is 34.8 Å². The molecule has 3 atom stereocenters. The quantitative estimate of drug-likeness (QED) is 0.746. The standard InChI is InChI=1S/C15H18Cl3NO.V/c1-4-14(10(3)15(14,17)18)13(20)19-9(2)11-5-7-12(16)8-6-11;/h5-10H,4H2,1-3H3,(H,19,20);. The van der Waals surface area contributed by atoms with E-state index in [0.717, 1.165) is 5.56 Å². The van der Waals surface area contributed by atoms with Crippen LogP contribution in [0.15, 0.2) is 24.3 Å². The molecule has 1 aromatic carbocycles. The Hall–Kier alpha value is 0.144. The van der Waals surface area contributed by atoms with Crippen LogP contribution in [-0.4, -0.2) is 10.2 Å². The molecule has 6 heteroatoms. The molecule has 0 heterocycles. The van der Waals surface area contributed by atoms with Crippen LogP contribution in [0.1, 0.15) is 38.8 Å². The van der Waals surface area contributed by atoms with E-state index in [-0.39, 0.29) is 36.4 Å². The first-order valence-electron chi connectivity index (χ1n) is 6.71. The molecule has 0 spiro atoms. The van der Waals surface area contributed by atoms with Crippen LogP contribution in [0.2, 0.25) is 5.02 Å². The van der Waals surface area contributed by atoms with Gasteiger partial charge in [-0.1, -0.05) is 37.6 Å². The predicted molar refractivity (Wildman–Crippen MR) is 84.3 cm³/mol. The van der Waals surface area contributed by atoms with Crippen molar-refractivity contribution in [1.29, 1.82) is 0 Å².